The molecule has 1 aliphatic rings. The smallest absolute Gasteiger partial charge is 0.337 e. The predicted octanol–water partition coefficient (Wildman–Crippen LogP) is 6.04. The van der Waals surface area contributed by atoms with E-state index in [0.717, 1.165) is 11.4 Å². The standard InChI is InChI=1S/C29H20N2O5/c32-28(31(19-9-3-1-4-10-19)20-11-5-2-6-12-20)23-17-30(24-14-8-7-13-21(23)24)25-16-27-26(35-18-36-27)15-22(25)29(33)34/h1-17H,18H2,(H,33,34). The van der Waals surface area contributed by atoms with Crippen molar-refractivity contribution in [2.75, 3.05) is 11.7 Å². The lowest BCUT2D eigenvalue weighted by molar-refractivity contribution is 0.0696. The molecule has 1 amide bonds. The molecule has 1 N–H and O–H groups in total. The molecular formula is C29H20N2O5. The topological polar surface area (TPSA) is 81.0 Å². The Morgan fingerprint density at radius 2 is 1.33 bits per heavy atom. The first-order valence-corrected chi connectivity index (χ1v) is 11.3. The van der Waals surface area contributed by atoms with Crippen LogP contribution in [0, 0.1) is 0 Å². The first kappa shape index (κ1) is 21.5. The lowest BCUT2D eigenvalue weighted by atomic mass is 10.1. The van der Waals surface area contributed by atoms with Gasteiger partial charge in [-0.2, -0.15) is 0 Å². The van der Waals surface area contributed by atoms with E-state index in [1.807, 2.05) is 84.9 Å². The molecule has 6 rings (SSSR count). The Kier molecular flexibility index (Phi) is 5.15. The highest BCUT2D eigenvalue weighted by Gasteiger charge is 2.27. The van der Waals surface area contributed by atoms with Gasteiger partial charge in [-0.05, 0) is 30.3 Å². The van der Waals surface area contributed by atoms with Crippen LogP contribution in [0.2, 0.25) is 0 Å². The number of benzene rings is 4. The van der Waals surface area contributed by atoms with E-state index in [-0.39, 0.29) is 18.3 Å². The quantitative estimate of drug-likeness (QED) is 0.335. The molecule has 7 heteroatoms. The van der Waals surface area contributed by atoms with E-state index in [1.54, 1.807) is 21.7 Å². The molecule has 0 spiro atoms. The van der Waals surface area contributed by atoms with Gasteiger partial charge in [0.05, 0.1) is 22.3 Å². The molecule has 0 radical (unpaired) electrons. The van der Waals surface area contributed by atoms with Gasteiger partial charge in [0, 0.05) is 35.1 Å². The fraction of sp³-hybridized carbons (Fsp3) is 0.0345. The number of nitrogens with zero attached hydrogens (tertiary/aromatic N) is 2. The van der Waals surface area contributed by atoms with Gasteiger partial charge >= 0.3 is 5.97 Å². The normalized spacial score (nSPS) is 12.0. The van der Waals surface area contributed by atoms with E-state index in [9.17, 15) is 14.7 Å². The summed E-state index contributed by atoms with van der Waals surface area (Å²) in [6, 6.07) is 29.4. The Labute approximate surface area is 206 Å². The molecule has 36 heavy (non-hydrogen) atoms. The van der Waals surface area contributed by atoms with Crippen LogP contribution in [-0.2, 0) is 0 Å². The molecular weight excluding hydrogens is 456 g/mol. The van der Waals surface area contributed by atoms with Crippen LogP contribution in [0.25, 0.3) is 16.6 Å². The van der Waals surface area contributed by atoms with Gasteiger partial charge in [-0.1, -0.05) is 54.6 Å². The largest absolute Gasteiger partial charge is 0.478 e. The number of hydrogen-bond donors (Lipinski definition) is 1. The zero-order valence-electron chi connectivity index (χ0n) is 19.0. The number of para-hydroxylation sites is 3. The van der Waals surface area contributed by atoms with Crippen molar-refractivity contribution in [2.45, 2.75) is 0 Å². The number of ether oxygens (including phenoxy) is 2. The van der Waals surface area contributed by atoms with Gasteiger partial charge in [-0.3, -0.25) is 9.69 Å². The van der Waals surface area contributed by atoms with Crippen LogP contribution in [-0.4, -0.2) is 28.3 Å². The summed E-state index contributed by atoms with van der Waals surface area (Å²) in [4.78, 5) is 28.0. The molecule has 4 aromatic carbocycles. The van der Waals surface area contributed by atoms with Crippen LogP contribution in [0.1, 0.15) is 20.7 Å². The van der Waals surface area contributed by atoms with Gasteiger partial charge in [0.25, 0.3) is 5.91 Å². The van der Waals surface area contributed by atoms with Crippen LogP contribution in [0.4, 0.5) is 11.4 Å². The maximum Gasteiger partial charge on any atom is 0.337 e. The summed E-state index contributed by atoms with van der Waals surface area (Å²) < 4.78 is 12.6. The van der Waals surface area contributed by atoms with Crippen LogP contribution >= 0.6 is 0 Å². The fourth-order valence-corrected chi connectivity index (χ4v) is 4.51. The molecule has 0 saturated carbocycles. The van der Waals surface area contributed by atoms with Crippen LogP contribution in [0.5, 0.6) is 11.5 Å². The number of carbonyl (C=O) groups excluding carboxylic acids is 1. The van der Waals surface area contributed by atoms with E-state index in [1.165, 1.54) is 6.07 Å². The van der Waals surface area contributed by atoms with Crippen LogP contribution in [0.3, 0.4) is 0 Å². The molecule has 7 nitrogen and oxygen atoms in total. The first-order valence-electron chi connectivity index (χ1n) is 11.3. The molecule has 1 aliphatic heterocycles. The SMILES string of the molecule is O=C(O)c1cc2c(cc1-n1cc(C(=O)N(c3ccccc3)c3ccccc3)c3ccccc31)OCO2. The molecule has 176 valence electrons. The molecule has 2 heterocycles. The molecule has 1 aromatic heterocycles. The number of anilines is 2. The Morgan fingerprint density at radius 1 is 0.750 bits per heavy atom. The van der Waals surface area contributed by atoms with E-state index >= 15 is 0 Å². The Balaban J connectivity index is 1.56. The average Bonchev–Trinajstić information content (AvgIpc) is 3.53. The van der Waals surface area contributed by atoms with Crippen molar-refractivity contribution in [1.82, 2.24) is 4.57 Å². The van der Waals surface area contributed by atoms with Crippen molar-refractivity contribution in [3.05, 3.63) is 114 Å². The molecule has 0 fully saturated rings. The fourth-order valence-electron chi connectivity index (χ4n) is 4.51. The monoisotopic (exact) mass is 476 g/mol. The van der Waals surface area contributed by atoms with Crippen molar-refractivity contribution in [3.63, 3.8) is 0 Å². The van der Waals surface area contributed by atoms with Gasteiger partial charge in [0.15, 0.2) is 11.5 Å². The highest BCUT2D eigenvalue weighted by molar-refractivity contribution is 6.17. The summed E-state index contributed by atoms with van der Waals surface area (Å²) in [6.07, 6.45) is 1.69. The zero-order chi connectivity index (χ0) is 24.6. The number of rotatable bonds is 5. The van der Waals surface area contributed by atoms with E-state index in [0.29, 0.717) is 33.7 Å². The predicted molar refractivity (Wildman–Crippen MR) is 136 cm³/mol. The highest BCUT2D eigenvalue weighted by Crippen LogP contribution is 2.38. The van der Waals surface area contributed by atoms with Crippen molar-refractivity contribution >= 4 is 34.2 Å². The number of amides is 1. The molecule has 0 aliphatic carbocycles. The number of aromatic nitrogens is 1. The van der Waals surface area contributed by atoms with Gasteiger partial charge in [0.2, 0.25) is 6.79 Å². The molecule has 0 atom stereocenters. The summed E-state index contributed by atoms with van der Waals surface area (Å²) >= 11 is 0. The second-order valence-electron chi connectivity index (χ2n) is 8.27. The van der Waals surface area contributed by atoms with Gasteiger partial charge < -0.3 is 19.1 Å². The van der Waals surface area contributed by atoms with E-state index in [4.69, 9.17) is 9.47 Å². The second kappa shape index (κ2) is 8.63. The minimum absolute atomic E-state index is 0.0249. The summed E-state index contributed by atoms with van der Waals surface area (Å²) in [6.45, 7) is 0.0249. The lowest BCUT2D eigenvalue weighted by Crippen LogP contribution is -2.25. The summed E-state index contributed by atoms with van der Waals surface area (Å²) in [5.41, 5.74) is 3.00. The third kappa shape index (κ3) is 3.54. The maximum atomic E-state index is 14.2. The summed E-state index contributed by atoms with van der Waals surface area (Å²) in [7, 11) is 0. The first-order chi connectivity index (χ1) is 17.6. The van der Waals surface area contributed by atoms with Crippen molar-refractivity contribution < 1.29 is 24.2 Å². The minimum atomic E-state index is -1.11. The average molecular weight is 476 g/mol. The maximum absolute atomic E-state index is 14.2. The minimum Gasteiger partial charge on any atom is -0.478 e. The number of fused-ring (bicyclic) bond motifs is 2. The summed E-state index contributed by atoms with van der Waals surface area (Å²) in [5.74, 6) is -0.511. The number of carbonyl (C=O) groups is 2. The summed E-state index contributed by atoms with van der Waals surface area (Å²) in [5, 5.41) is 10.6. The van der Waals surface area contributed by atoms with Crippen molar-refractivity contribution in [3.8, 4) is 17.2 Å². The molecule has 0 unspecified atom stereocenters. The van der Waals surface area contributed by atoms with Gasteiger partial charge in [-0.25, -0.2) is 4.79 Å². The van der Waals surface area contributed by atoms with Gasteiger partial charge in [-0.15, -0.1) is 0 Å². The highest BCUT2D eigenvalue weighted by atomic mass is 16.7. The molecule has 5 aromatic rings. The van der Waals surface area contributed by atoms with Crippen LogP contribution in [0.15, 0.2) is 103 Å². The Morgan fingerprint density at radius 3 is 1.97 bits per heavy atom. The number of carboxylic acids is 1. The number of hydrogen-bond acceptors (Lipinski definition) is 4. The molecule has 0 bridgehead atoms. The number of carboxylic acid groups (broad SMARTS) is 1. The van der Waals surface area contributed by atoms with Crippen molar-refractivity contribution in [2.24, 2.45) is 0 Å². The lowest BCUT2D eigenvalue weighted by Gasteiger charge is -2.23. The Bertz CT molecular complexity index is 1570. The third-order valence-electron chi connectivity index (χ3n) is 6.16. The molecule has 0 saturated heterocycles. The zero-order valence-corrected chi connectivity index (χ0v) is 19.0. The van der Waals surface area contributed by atoms with Crippen molar-refractivity contribution in [1.29, 1.82) is 0 Å². The Hall–Kier alpha value is -5.04. The van der Waals surface area contributed by atoms with Crippen LogP contribution < -0.4 is 14.4 Å². The second-order valence-corrected chi connectivity index (χ2v) is 8.27. The number of aromatic carboxylic acids is 1. The van der Waals surface area contributed by atoms with E-state index in [2.05, 4.69) is 0 Å². The van der Waals surface area contributed by atoms with Gasteiger partial charge in [0.1, 0.15) is 0 Å². The van der Waals surface area contributed by atoms with E-state index < -0.39 is 5.97 Å². The third-order valence-corrected chi connectivity index (χ3v) is 6.16.